The summed E-state index contributed by atoms with van der Waals surface area (Å²) in [5.74, 6) is 0. The lowest BCUT2D eigenvalue weighted by atomic mass is 10.2. The summed E-state index contributed by atoms with van der Waals surface area (Å²) in [4.78, 5) is 10.1. The lowest BCUT2D eigenvalue weighted by Crippen LogP contribution is -1.76. The average molecular weight is 229 g/mol. The molecule has 0 radical (unpaired) electrons. The van der Waals surface area contributed by atoms with Crippen LogP contribution < -0.4 is 0 Å². The zero-order valence-corrected chi connectivity index (χ0v) is 9.05. The molecule has 1 rings (SSSR count). The molecule has 0 atom stereocenters. The fourth-order valence-electron chi connectivity index (χ4n) is 1.01. The Bertz CT molecular complexity index is 345. The van der Waals surface area contributed by atoms with E-state index in [-0.39, 0.29) is 0 Å². The second kappa shape index (κ2) is 5.84. The van der Waals surface area contributed by atoms with Gasteiger partial charge < -0.3 is 4.79 Å². The first-order valence-electron chi connectivity index (χ1n) is 4.29. The van der Waals surface area contributed by atoms with Crippen molar-refractivity contribution in [2.75, 3.05) is 0 Å². The van der Waals surface area contributed by atoms with Crippen LogP contribution >= 0.6 is 23.2 Å². The highest BCUT2D eigenvalue weighted by molar-refractivity contribution is 6.35. The van der Waals surface area contributed by atoms with Gasteiger partial charge in [-0.05, 0) is 24.1 Å². The van der Waals surface area contributed by atoms with Gasteiger partial charge in [-0.25, -0.2) is 0 Å². The Balaban J connectivity index is 2.67. The fraction of sp³-hybridized carbons (Fsp3) is 0.182. The maximum Gasteiger partial charge on any atom is 0.120 e. The van der Waals surface area contributed by atoms with Gasteiger partial charge in [-0.3, -0.25) is 0 Å². The largest absolute Gasteiger partial charge is 0.303 e. The molecule has 0 spiro atoms. The topological polar surface area (TPSA) is 17.1 Å². The minimum atomic E-state index is 0.543. The molecule has 1 nitrogen and oxygen atoms in total. The van der Waals surface area contributed by atoms with Crippen molar-refractivity contribution in [1.29, 1.82) is 0 Å². The van der Waals surface area contributed by atoms with Crippen molar-refractivity contribution >= 4 is 35.6 Å². The first kappa shape index (κ1) is 11.3. The van der Waals surface area contributed by atoms with Crippen molar-refractivity contribution in [1.82, 2.24) is 0 Å². The highest BCUT2D eigenvalue weighted by Crippen LogP contribution is 2.22. The van der Waals surface area contributed by atoms with E-state index in [4.69, 9.17) is 23.2 Å². The smallest absolute Gasteiger partial charge is 0.120 e. The predicted molar refractivity (Wildman–Crippen MR) is 60.8 cm³/mol. The Hall–Kier alpha value is -0.790. The Labute approximate surface area is 93.3 Å². The Morgan fingerprint density at radius 2 is 2.00 bits per heavy atom. The molecular formula is C11H10Cl2O. The highest BCUT2D eigenvalue weighted by atomic mass is 35.5. The van der Waals surface area contributed by atoms with Crippen LogP contribution in [-0.2, 0) is 4.79 Å². The number of rotatable bonds is 4. The zero-order chi connectivity index (χ0) is 10.4. The molecule has 0 saturated carbocycles. The van der Waals surface area contributed by atoms with Gasteiger partial charge in [0.1, 0.15) is 6.29 Å². The van der Waals surface area contributed by atoms with Crippen molar-refractivity contribution in [2.24, 2.45) is 0 Å². The maximum absolute atomic E-state index is 10.1. The van der Waals surface area contributed by atoms with Crippen LogP contribution in [0, 0.1) is 0 Å². The fourth-order valence-corrected chi connectivity index (χ4v) is 1.48. The third-order valence-corrected chi connectivity index (χ3v) is 2.27. The molecule has 1 aromatic carbocycles. The van der Waals surface area contributed by atoms with Gasteiger partial charge in [-0.15, -0.1) is 0 Å². The molecule has 0 aromatic heterocycles. The van der Waals surface area contributed by atoms with Gasteiger partial charge in [-0.2, -0.15) is 0 Å². The van der Waals surface area contributed by atoms with Crippen LogP contribution in [0.2, 0.25) is 10.0 Å². The van der Waals surface area contributed by atoms with Gasteiger partial charge in [0.25, 0.3) is 0 Å². The molecule has 0 N–H and O–H groups in total. The standard InChI is InChI=1S/C11H10Cl2O/c12-10-6-5-9(11(13)8-10)4-2-1-3-7-14/h2,4-8H,1,3H2. The number of carbonyl (C=O) groups excluding carboxylic acids is 1. The molecule has 0 bridgehead atoms. The number of aldehydes is 1. The Morgan fingerprint density at radius 3 is 2.64 bits per heavy atom. The van der Waals surface area contributed by atoms with Gasteiger partial charge in [0.2, 0.25) is 0 Å². The van der Waals surface area contributed by atoms with Crippen LogP contribution in [0.15, 0.2) is 24.3 Å². The summed E-state index contributed by atoms with van der Waals surface area (Å²) in [5, 5.41) is 1.25. The van der Waals surface area contributed by atoms with E-state index in [1.54, 1.807) is 12.1 Å². The highest BCUT2D eigenvalue weighted by Gasteiger charge is 1.96. The first-order chi connectivity index (χ1) is 6.74. The summed E-state index contributed by atoms with van der Waals surface area (Å²) in [6.07, 6.45) is 5.99. The van der Waals surface area contributed by atoms with Gasteiger partial charge in [-0.1, -0.05) is 41.4 Å². The number of hydrogen-bond acceptors (Lipinski definition) is 1. The average Bonchev–Trinajstić information content (AvgIpc) is 2.15. The molecule has 0 aliphatic heterocycles. The SMILES string of the molecule is O=CCCC=Cc1ccc(Cl)cc1Cl. The molecular weight excluding hydrogens is 219 g/mol. The summed E-state index contributed by atoms with van der Waals surface area (Å²) in [6, 6.07) is 5.33. The molecule has 0 amide bonds. The Morgan fingerprint density at radius 1 is 1.21 bits per heavy atom. The normalized spacial score (nSPS) is 10.7. The van der Waals surface area contributed by atoms with Gasteiger partial charge >= 0.3 is 0 Å². The second-order valence-electron chi connectivity index (χ2n) is 2.81. The molecule has 0 saturated heterocycles. The van der Waals surface area contributed by atoms with E-state index in [0.717, 1.165) is 18.3 Å². The predicted octanol–water partition coefficient (Wildman–Crippen LogP) is 3.99. The van der Waals surface area contributed by atoms with E-state index in [1.807, 2.05) is 18.2 Å². The summed E-state index contributed by atoms with van der Waals surface area (Å²) < 4.78 is 0. The summed E-state index contributed by atoms with van der Waals surface area (Å²) in [6.45, 7) is 0. The lowest BCUT2D eigenvalue weighted by Gasteiger charge is -1.97. The molecule has 0 aliphatic rings. The van der Waals surface area contributed by atoms with Crippen LogP contribution in [-0.4, -0.2) is 6.29 Å². The minimum absolute atomic E-state index is 0.543. The van der Waals surface area contributed by atoms with Crippen LogP contribution in [0.1, 0.15) is 18.4 Å². The van der Waals surface area contributed by atoms with Crippen LogP contribution in [0.3, 0.4) is 0 Å². The summed E-state index contributed by atoms with van der Waals surface area (Å²) in [7, 11) is 0. The quantitative estimate of drug-likeness (QED) is 0.563. The van der Waals surface area contributed by atoms with Crippen molar-refractivity contribution in [3.63, 3.8) is 0 Å². The van der Waals surface area contributed by atoms with E-state index in [9.17, 15) is 4.79 Å². The van der Waals surface area contributed by atoms with Crippen molar-refractivity contribution < 1.29 is 4.79 Å². The molecule has 3 heteroatoms. The van der Waals surface area contributed by atoms with Crippen molar-refractivity contribution in [2.45, 2.75) is 12.8 Å². The van der Waals surface area contributed by atoms with Crippen LogP contribution in [0.25, 0.3) is 6.08 Å². The van der Waals surface area contributed by atoms with Crippen LogP contribution in [0.5, 0.6) is 0 Å². The molecule has 0 aliphatic carbocycles. The van der Waals surface area contributed by atoms with E-state index in [0.29, 0.717) is 16.5 Å². The molecule has 1 aromatic rings. The number of hydrogen-bond donors (Lipinski definition) is 0. The lowest BCUT2D eigenvalue weighted by molar-refractivity contribution is -0.107. The van der Waals surface area contributed by atoms with E-state index in [2.05, 4.69) is 0 Å². The summed E-state index contributed by atoms with van der Waals surface area (Å²) >= 11 is 11.7. The van der Waals surface area contributed by atoms with Gasteiger partial charge in [0.15, 0.2) is 0 Å². The molecule has 0 unspecified atom stereocenters. The van der Waals surface area contributed by atoms with E-state index >= 15 is 0 Å². The minimum Gasteiger partial charge on any atom is -0.303 e. The summed E-state index contributed by atoms with van der Waals surface area (Å²) in [5.41, 5.74) is 0.918. The first-order valence-corrected chi connectivity index (χ1v) is 5.05. The zero-order valence-electron chi connectivity index (χ0n) is 7.54. The number of unbranched alkanes of at least 4 members (excludes halogenated alkanes) is 1. The Kier molecular flexibility index (Phi) is 4.71. The molecule has 14 heavy (non-hydrogen) atoms. The monoisotopic (exact) mass is 228 g/mol. The third-order valence-electron chi connectivity index (χ3n) is 1.71. The molecule has 74 valence electrons. The third kappa shape index (κ3) is 3.52. The van der Waals surface area contributed by atoms with E-state index < -0.39 is 0 Å². The van der Waals surface area contributed by atoms with Gasteiger partial charge in [0, 0.05) is 16.5 Å². The number of benzene rings is 1. The van der Waals surface area contributed by atoms with E-state index in [1.165, 1.54) is 0 Å². The van der Waals surface area contributed by atoms with Crippen molar-refractivity contribution in [3.8, 4) is 0 Å². The second-order valence-corrected chi connectivity index (χ2v) is 3.66. The number of carbonyl (C=O) groups is 1. The van der Waals surface area contributed by atoms with Gasteiger partial charge in [0.05, 0.1) is 0 Å². The molecule has 0 fully saturated rings. The maximum atomic E-state index is 10.1. The van der Waals surface area contributed by atoms with Crippen LogP contribution in [0.4, 0.5) is 0 Å². The number of halogens is 2. The van der Waals surface area contributed by atoms with Crippen molar-refractivity contribution in [3.05, 3.63) is 39.9 Å². The molecule has 0 heterocycles. The number of allylic oxidation sites excluding steroid dienone is 1.